The second kappa shape index (κ2) is 6.48. The fourth-order valence-corrected chi connectivity index (χ4v) is 4.96. The van der Waals surface area contributed by atoms with Gasteiger partial charge in [-0.05, 0) is 31.4 Å². The van der Waals surface area contributed by atoms with E-state index in [9.17, 15) is 9.59 Å². The molecule has 1 aliphatic carbocycles. The SMILES string of the molecule is CNC(=O)[C@]12CCOC[C@H]1CN(C(=O)c1cccn1C1CCCC1)C2. The minimum atomic E-state index is -0.493. The highest BCUT2D eigenvalue weighted by Gasteiger charge is 2.54. The van der Waals surface area contributed by atoms with Gasteiger partial charge < -0.3 is 19.5 Å². The Morgan fingerprint density at radius 1 is 1.32 bits per heavy atom. The van der Waals surface area contributed by atoms with Gasteiger partial charge in [0.15, 0.2) is 0 Å². The summed E-state index contributed by atoms with van der Waals surface area (Å²) in [4.78, 5) is 27.7. The van der Waals surface area contributed by atoms with Crippen LogP contribution in [-0.2, 0) is 9.53 Å². The maximum absolute atomic E-state index is 13.2. The maximum Gasteiger partial charge on any atom is 0.270 e. The largest absolute Gasteiger partial charge is 0.381 e. The molecule has 6 nitrogen and oxygen atoms in total. The summed E-state index contributed by atoms with van der Waals surface area (Å²) in [6, 6.07) is 4.33. The summed E-state index contributed by atoms with van der Waals surface area (Å²) < 4.78 is 7.76. The third-order valence-corrected chi connectivity index (χ3v) is 6.39. The van der Waals surface area contributed by atoms with Gasteiger partial charge in [0.2, 0.25) is 5.91 Å². The highest BCUT2D eigenvalue weighted by Crippen LogP contribution is 2.43. The number of nitrogens with zero attached hydrogens (tertiary/aromatic N) is 2. The van der Waals surface area contributed by atoms with E-state index in [1.54, 1.807) is 7.05 Å². The Balaban J connectivity index is 1.58. The van der Waals surface area contributed by atoms with Crippen molar-refractivity contribution in [2.45, 2.75) is 38.1 Å². The fourth-order valence-electron chi connectivity index (χ4n) is 4.96. The van der Waals surface area contributed by atoms with Crippen LogP contribution in [0, 0.1) is 11.3 Å². The predicted molar refractivity (Wildman–Crippen MR) is 93.3 cm³/mol. The molecule has 3 fully saturated rings. The monoisotopic (exact) mass is 345 g/mol. The van der Waals surface area contributed by atoms with Crippen molar-refractivity contribution in [2.75, 3.05) is 33.4 Å². The molecular weight excluding hydrogens is 318 g/mol. The number of hydrogen-bond donors (Lipinski definition) is 1. The summed E-state index contributed by atoms with van der Waals surface area (Å²) in [5.74, 6) is 0.178. The highest BCUT2D eigenvalue weighted by molar-refractivity contribution is 5.94. The molecule has 2 atom stereocenters. The summed E-state index contributed by atoms with van der Waals surface area (Å²) in [5.41, 5.74) is 0.270. The topological polar surface area (TPSA) is 63.6 Å². The number of amides is 2. The summed E-state index contributed by atoms with van der Waals surface area (Å²) in [7, 11) is 1.68. The zero-order chi connectivity index (χ0) is 17.4. The molecule has 4 rings (SSSR count). The molecule has 1 saturated carbocycles. The van der Waals surface area contributed by atoms with Gasteiger partial charge in [-0.25, -0.2) is 0 Å². The zero-order valence-electron chi connectivity index (χ0n) is 14.9. The second-order valence-electron chi connectivity index (χ2n) is 7.68. The first-order valence-corrected chi connectivity index (χ1v) is 9.42. The van der Waals surface area contributed by atoms with Crippen molar-refractivity contribution in [1.82, 2.24) is 14.8 Å². The van der Waals surface area contributed by atoms with Crippen molar-refractivity contribution in [3.63, 3.8) is 0 Å². The number of carbonyl (C=O) groups excluding carboxylic acids is 2. The first-order chi connectivity index (χ1) is 12.2. The first kappa shape index (κ1) is 16.6. The van der Waals surface area contributed by atoms with Crippen LogP contribution in [0.1, 0.15) is 48.6 Å². The number of aromatic nitrogens is 1. The number of rotatable bonds is 3. The van der Waals surface area contributed by atoms with E-state index in [-0.39, 0.29) is 17.7 Å². The van der Waals surface area contributed by atoms with E-state index in [0.717, 1.165) is 18.5 Å². The van der Waals surface area contributed by atoms with Gasteiger partial charge in [0.25, 0.3) is 5.91 Å². The molecule has 1 aromatic heterocycles. The van der Waals surface area contributed by atoms with Crippen molar-refractivity contribution in [3.05, 3.63) is 24.0 Å². The standard InChI is InChI=1S/C19H27N3O3/c1-20-18(24)19-8-10-25-12-14(19)11-21(13-19)17(23)16-7-4-9-22(16)15-5-2-3-6-15/h4,7,9,14-15H,2-3,5-6,8,10-13H2,1H3,(H,20,24)/t14-,19+/m1/s1. The molecule has 6 heteroatoms. The molecule has 1 aromatic rings. The minimum absolute atomic E-state index is 0.0438. The Labute approximate surface area is 148 Å². The van der Waals surface area contributed by atoms with Crippen LogP contribution < -0.4 is 5.32 Å². The molecule has 136 valence electrons. The number of likely N-dealkylation sites (tertiary alicyclic amines) is 1. The van der Waals surface area contributed by atoms with Gasteiger partial charge in [-0.1, -0.05) is 12.8 Å². The van der Waals surface area contributed by atoms with Crippen molar-refractivity contribution >= 4 is 11.8 Å². The highest BCUT2D eigenvalue weighted by atomic mass is 16.5. The molecule has 3 aliphatic rings. The van der Waals surface area contributed by atoms with Crippen molar-refractivity contribution in [2.24, 2.45) is 11.3 Å². The number of nitrogens with one attached hydrogen (secondary N) is 1. The Morgan fingerprint density at radius 2 is 2.12 bits per heavy atom. The van der Waals surface area contributed by atoms with E-state index in [1.165, 1.54) is 12.8 Å². The third-order valence-electron chi connectivity index (χ3n) is 6.39. The van der Waals surface area contributed by atoms with Crippen LogP contribution in [0.5, 0.6) is 0 Å². The van der Waals surface area contributed by atoms with Crippen LogP contribution in [0.3, 0.4) is 0 Å². The molecule has 2 amide bonds. The Hall–Kier alpha value is -1.82. The van der Waals surface area contributed by atoms with Gasteiger partial charge in [-0.15, -0.1) is 0 Å². The predicted octanol–water partition coefficient (Wildman–Crippen LogP) is 1.83. The molecule has 0 unspecified atom stereocenters. The lowest BCUT2D eigenvalue weighted by Crippen LogP contribution is -2.49. The average Bonchev–Trinajstić information content (AvgIpc) is 3.38. The number of carbonyl (C=O) groups is 2. The molecule has 1 N–H and O–H groups in total. The molecular formula is C19H27N3O3. The van der Waals surface area contributed by atoms with Crippen molar-refractivity contribution in [1.29, 1.82) is 0 Å². The van der Waals surface area contributed by atoms with E-state index in [2.05, 4.69) is 9.88 Å². The molecule has 2 aliphatic heterocycles. The van der Waals surface area contributed by atoms with Crippen LogP contribution in [0.15, 0.2) is 18.3 Å². The van der Waals surface area contributed by atoms with Gasteiger partial charge in [0, 0.05) is 44.9 Å². The van der Waals surface area contributed by atoms with Crippen molar-refractivity contribution < 1.29 is 14.3 Å². The van der Waals surface area contributed by atoms with Gasteiger partial charge in [-0.2, -0.15) is 0 Å². The van der Waals surface area contributed by atoms with E-state index in [0.29, 0.717) is 38.8 Å². The van der Waals surface area contributed by atoms with Crippen LogP contribution in [0.4, 0.5) is 0 Å². The van der Waals surface area contributed by atoms with E-state index >= 15 is 0 Å². The van der Waals surface area contributed by atoms with E-state index in [4.69, 9.17) is 4.74 Å². The molecule has 0 aromatic carbocycles. The lowest BCUT2D eigenvalue weighted by atomic mass is 9.73. The van der Waals surface area contributed by atoms with Crippen LogP contribution in [0.2, 0.25) is 0 Å². The number of hydrogen-bond acceptors (Lipinski definition) is 3. The lowest BCUT2D eigenvalue weighted by Gasteiger charge is -2.36. The Morgan fingerprint density at radius 3 is 2.88 bits per heavy atom. The van der Waals surface area contributed by atoms with Crippen LogP contribution in [-0.4, -0.2) is 54.6 Å². The lowest BCUT2D eigenvalue weighted by molar-refractivity contribution is -0.138. The average molecular weight is 345 g/mol. The number of ether oxygens (including phenoxy) is 1. The van der Waals surface area contributed by atoms with E-state index < -0.39 is 5.41 Å². The Bertz CT molecular complexity index is 665. The molecule has 25 heavy (non-hydrogen) atoms. The molecule has 2 saturated heterocycles. The van der Waals surface area contributed by atoms with Crippen LogP contribution >= 0.6 is 0 Å². The number of fused-ring (bicyclic) bond motifs is 1. The van der Waals surface area contributed by atoms with Gasteiger partial charge in [0.1, 0.15) is 5.69 Å². The molecule has 3 heterocycles. The first-order valence-electron chi connectivity index (χ1n) is 9.42. The summed E-state index contributed by atoms with van der Waals surface area (Å²) in [5, 5.41) is 2.81. The van der Waals surface area contributed by atoms with Crippen LogP contribution in [0.25, 0.3) is 0 Å². The smallest absolute Gasteiger partial charge is 0.270 e. The zero-order valence-corrected chi connectivity index (χ0v) is 14.9. The molecule has 0 bridgehead atoms. The van der Waals surface area contributed by atoms with E-state index in [1.807, 2.05) is 23.2 Å². The molecule has 0 radical (unpaired) electrons. The van der Waals surface area contributed by atoms with Gasteiger partial charge in [0.05, 0.1) is 12.0 Å². The summed E-state index contributed by atoms with van der Waals surface area (Å²) >= 11 is 0. The quantitative estimate of drug-likeness (QED) is 0.909. The fraction of sp³-hybridized carbons (Fsp3) is 0.684. The van der Waals surface area contributed by atoms with Gasteiger partial charge in [-0.3, -0.25) is 9.59 Å². The second-order valence-corrected chi connectivity index (χ2v) is 7.68. The molecule has 0 spiro atoms. The van der Waals surface area contributed by atoms with Gasteiger partial charge >= 0.3 is 0 Å². The third kappa shape index (κ3) is 2.67. The normalized spacial score (nSPS) is 29.6. The Kier molecular flexibility index (Phi) is 4.31. The summed E-state index contributed by atoms with van der Waals surface area (Å²) in [6.45, 7) is 2.24. The minimum Gasteiger partial charge on any atom is -0.381 e. The maximum atomic E-state index is 13.2. The van der Waals surface area contributed by atoms with Crippen molar-refractivity contribution in [3.8, 4) is 0 Å². The summed E-state index contributed by atoms with van der Waals surface area (Å²) in [6.07, 6.45) is 7.48.